The zero-order chi connectivity index (χ0) is 13.1. The number of rotatable bonds is 3. The summed E-state index contributed by atoms with van der Waals surface area (Å²) in [5.74, 6) is 1.04. The summed E-state index contributed by atoms with van der Waals surface area (Å²) in [7, 11) is 0. The molecule has 100 valence electrons. The molecule has 1 saturated heterocycles. The second-order valence-corrected chi connectivity index (χ2v) is 4.94. The number of piperazine rings is 1. The van der Waals surface area contributed by atoms with Crippen LogP contribution >= 0.6 is 0 Å². The van der Waals surface area contributed by atoms with Crippen molar-refractivity contribution in [3.63, 3.8) is 0 Å². The first-order valence-corrected chi connectivity index (χ1v) is 6.66. The highest BCUT2D eigenvalue weighted by atomic mass is 16.3. The van der Waals surface area contributed by atoms with Crippen LogP contribution in [0, 0.1) is 0 Å². The highest BCUT2D eigenvalue weighted by Crippen LogP contribution is 2.19. The van der Waals surface area contributed by atoms with E-state index in [1.807, 2.05) is 30.3 Å². The Morgan fingerprint density at radius 1 is 1.05 bits per heavy atom. The molecule has 2 N–H and O–H groups in total. The molecule has 2 heterocycles. The molecule has 1 aromatic carbocycles. The average molecular weight is 257 g/mol. The smallest absolute Gasteiger partial charge is 0.117 e. The Balaban J connectivity index is 1.57. The van der Waals surface area contributed by atoms with Crippen LogP contribution in [0.15, 0.2) is 47.1 Å². The lowest BCUT2D eigenvalue weighted by molar-refractivity contribution is 0.230. The van der Waals surface area contributed by atoms with Crippen LogP contribution in [0.1, 0.15) is 5.76 Å². The Kier molecular flexibility index (Phi) is 3.42. The van der Waals surface area contributed by atoms with Gasteiger partial charge in [-0.15, -0.1) is 0 Å². The maximum atomic E-state index is 5.83. The van der Waals surface area contributed by atoms with E-state index < -0.39 is 0 Å². The van der Waals surface area contributed by atoms with Crippen molar-refractivity contribution in [3.8, 4) is 0 Å². The number of furan rings is 1. The van der Waals surface area contributed by atoms with Gasteiger partial charge in [-0.3, -0.25) is 4.90 Å². The number of anilines is 2. The van der Waals surface area contributed by atoms with Gasteiger partial charge in [0.1, 0.15) is 5.76 Å². The maximum absolute atomic E-state index is 5.83. The Hall–Kier alpha value is -1.94. The molecule has 3 rings (SSSR count). The molecular weight excluding hydrogens is 238 g/mol. The topological polar surface area (TPSA) is 45.6 Å². The minimum Gasteiger partial charge on any atom is -0.468 e. The van der Waals surface area contributed by atoms with Crippen molar-refractivity contribution in [1.29, 1.82) is 0 Å². The molecule has 0 aliphatic carbocycles. The third kappa shape index (κ3) is 2.90. The van der Waals surface area contributed by atoms with Gasteiger partial charge < -0.3 is 15.1 Å². The molecule has 0 atom stereocenters. The van der Waals surface area contributed by atoms with Gasteiger partial charge in [-0.1, -0.05) is 6.07 Å². The quantitative estimate of drug-likeness (QED) is 0.856. The van der Waals surface area contributed by atoms with E-state index in [0.717, 1.165) is 44.2 Å². The third-order valence-electron chi connectivity index (χ3n) is 3.57. The Morgan fingerprint density at radius 2 is 1.89 bits per heavy atom. The summed E-state index contributed by atoms with van der Waals surface area (Å²) in [6, 6.07) is 12.1. The van der Waals surface area contributed by atoms with Crippen molar-refractivity contribution in [2.24, 2.45) is 0 Å². The van der Waals surface area contributed by atoms with E-state index in [0.29, 0.717) is 0 Å². The third-order valence-corrected chi connectivity index (χ3v) is 3.57. The molecule has 1 aliphatic heterocycles. The van der Waals surface area contributed by atoms with E-state index in [-0.39, 0.29) is 0 Å². The lowest BCUT2D eigenvalue weighted by atomic mass is 10.2. The van der Waals surface area contributed by atoms with E-state index >= 15 is 0 Å². The second kappa shape index (κ2) is 5.36. The average Bonchev–Trinajstić information content (AvgIpc) is 2.92. The van der Waals surface area contributed by atoms with Crippen LogP contribution in [0.25, 0.3) is 0 Å². The minimum absolute atomic E-state index is 0.829. The van der Waals surface area contributed by atoms with E-state index in [2.05, 4.69) is 15.9 Å². The largest absolute Gasteiger partial charge is 0.468 e. The molecule has 1 aliphatic rings. The number of hydrogen-bond acceptors (Lipinski definition) is 4. The first-order chi connectivity index (χ1) is 9.31. The predicted molar refractivity (Wildman–Crippen MR) is 77.1 cm³/mol. The van der Waals surface area contributed by atoms with Gasteiger partial charge in [-0.2, -0.15) is 0 Å². The molecule has 1 aromatic heterocycles. The zero-order valence-electron chi connectivity index (χ0n) is 11.0. The molecular formula is C15H19N3O. The molecule has 2 aromatic rings. The molecule has 4 heteroatoms. The Labute approximate surface area is 113 Å². The summed E-state index contributed by atoms with van der Waals surface area (Å²) in [6.07, 6.45) is 1.73. The molecule has 1 fully saturated rings. The number of nitrogens with zero attached hydrogens (tertiary/aromatic N) is 2. The lowest BCUT2D eigenvalue weighted by Crippen LogP contribution is -2.45. The van der Waals surface area contributed by atoms with Gasteiger partial charge in [0.15, 0.2) is 0 Å². The molecule has 4 nitrogen and oxygen atoms in total. The van der Waals surface area contributed by atoms with Crippen LogP contribution in [0.3, 0.4) is 0 Å². The minimum atomic E-state index is 0.829. The highest BCUT2D eigenvalue weighted by molar-refractivity contribution is 5.56. The van der Waals surface area contributed by atoms with Gasteiger partial charge in [-0.25, -0.2) is 0 Å². The highest BCUT2D eigenvalue weighted by Gasteiger charge is 2.17. The second-order valence-electron chi connectivity index (χ2n) is 4.94. The molecule has 0 amide bonds. The van der Waals surface area contributed by atoms with Gasteiger partial charge in [0.2, 0.25) is 0 Å². The summed E-state index contributed by atoms with van der Waals surface area (Å²) in [4.78, 5) is 4.80. The fourth-order valence-corrected chi connectivity index (χ4v) is 2.51. The van der Waals surface area contributed by atoms with Gasteiger partial charge >= 0.3 is 0 Å². The number of nitrogens with two attached hydrogens (primary N) is 1. The van der Waals surface area contributed by atoms with Gasteiger partial charge in [0.05, 0.1) is 12.8 Å². The Bertz CT molecular complexity index is 516. The van der Waals surface area contributed by atoms with Crippen molar-refractivity contribution in [1.82, 2.24) is 4.90 Å². The summed E-state index contributed by atoms with van der Waals surface area (Å²) in [5.41, 5.74) is 7.88. The van der Waals surface area contributed by atoms with E-state index in [1.54, 1.807) is 6.26 Å². The van der Waals surface area contributed by atoms with E-state index in [1.165, 1.54) is 5.69 Å². The SMILES string of the molecule is Nc1cccc(N2CCN(Cc3ccco3)CC2)c1. The predicted octanol–water partition coefficient (Wildman–Crippen LogP) is 2.18. The molecule has 0 spiro atoms. The monoisotopic (exact) mass is 257 g/mol. The van der Waals surface area contributed by atoms with Gasteiger partial charge in [-0.05, 0) is 30.3 Å². The van der Waals surface area contributed by atoms with Crippen LogP contribution < -0.4 is 10.6 Å². The van der Waals surface area contributed by atoms with Crippen molar-refractivity contribution in [3.05, 3.63) is 48.4 Å². The summed E-state index contributed by atoms with van der Waals surface area (Å²) in [6.45, 7) is 5.07. The molecule has 0 radical (unpaired) electrons. The zero-order valence-corrected chi connectivity index (χ0v) is 11.0. The van der Waals surface area contributed by atoms with Crippen LogP contribution in [-0.2, 0) is 6.54 Å². The fourth-order valence-electron chi connectivity index (χ4n) is 2.51. The van der Waals surface area contributed by atoms with Crippen molar-refractivity contribution in [2.75, 3.05) is 36.8 Å². The Morgan fingerprint density at radius 3 is 2.58 bits per heavy atom. The summed E-state index contributed by atoms with van der Waals surface area (Å²) >= 11 is 0. The van der Waals surface area contributed by atoms with E-state index in [9.17, 15) is 0 Å². The molecule has 0 unspecified atom stereocenters. The molecule has 19 heavy (non-hydrogen) atoms. The van der Waals surface area contributed by atoms with Crippen LogP contribution in [0.5, 0.6) is 0 Å². The standard InChI is InChI=1S/C15H19N3O/c16-13-3-1-4-14(11-13)18-8-6-17(7-9-18)12-15-5-2-10-19-15/h1-5,10-11H,6-9,12,16H2. The number of hydrogen-bond donors (Lipinski definition) is 1. The van der Waals surface area contributed by atoms with Crippen molar-refractivity contribution in [2.45, 2.75) is 6.54 Å². The number of benzene rings is 1. The fraction of sp³-hybridized carbons (Fsp3) is 0.333. The normalized spacial score (nSPS) is 16.7. The molecule has 0 saturated carbocycles. The number of nitrogen functional groups attached to an aromatic ring is 1. The lowest BCUT2D eigenvalue weighted by Gasteiger charge is -2.35. The van der Waals surface area contributed by atoms with Crippen molar-refractivity contribution >= 4 is 11.4 Å². The summed E-state index contributed by atoms with van der Waals surface area (Å²) < 4.78 is 5.39. The van der Waals surface area contributed by atoms with Crippen LogP contribution in [-0.4, -0.2) is 31.1 Å². The van der Waals surface area contributed by atoms with Crippen LogP contribution in [0.4, 0.5) is 11.4 Å². The van der Waals surface area contributed by atoms with E-state index in [4.69, 9.17) is 10.2 Å². The van der Waals surface area contributed by atoms with Crippen LogP contribution in [0.2, 0.25) is 0 Å². The first-order valence-electron chi connectivity index (χ1n) is 6.66. The maximum Gasteiger partial charge on any atom is 0.117 e. The van der Waals surface area contributed by atoms with Gasteiger partial charge in [0.25, 0.3) is 0 Å². The van der Waals surface area contributed by atoms with Gasteiger partial charge in [0, 0.05) is 37.6 Å². The molecule has 0 bridgehead atoms. The van der Waals surface area contributed by atoms with Crippen molar-refractivity contribution < 1.29 is 4.42 Å². The first kappa shape index (κ1) is 12.1. The summed E-state index contributed by atoms with van der Waals surface area (Å²) in [5, 5.41) is 0.